The summed E-state index contributed by atoms with van der Waals surface area (Å²) in [6.07, 6.45) is 5.29. The quantitative estimate of drug-likeness (QED) is 0.699. The zero-order chi connectivity index (χ0) is 11.5. The molecule has 86 valence electrons. The van der Waals surface area contributed by atoms with Gasteiger partial charge in [-0.25, -0.2) is 0 Å². The van der Waals surface area contributed by atoms with Crippen molar-refractivity contribution < 1.29 is 10.8 Å². The number of hydrogen-bond donors (Lipinski definition) is 0. The standard InChI is InChI=1S/C10H20O2.C2H6/c1-11-7-9-3-5-10(6-4-9)8-12-2;1-2/h9-10H,3-8H2,1-2H3;1-2H3/i;1D. The third-order valence-corrected chi connectivity index (χ3v) is 2.77. The fourth-order valence-electron chi connectivity index (χ4n) is 2.04. The predicted molar refractivity (Wildman–Crippen MR) is 60.5 cm³/mol. The second-order valence-corrected chi connectivity index (χ2v) is 3.80. The highest BCUT2D eigenvalue weighted by Gasteiger charge is 2.20. The Morgan fingerprint density at radius 2 is 1.29 bits per heavy atom. The maximum absolute atomic E-state index is 6.21. The molecule has 1 rings (SSSR count). The van der Waals surface area contributed by atoms with E-state index >= 15 is 0 Å². The fourth-order valence-corrected chi connectivity index (χ4v) is 2.04. The molecule has 0 aliphatic heterocycles. The molecule has 2 heteroatoms. The fraction of sp³-hybridized carbons (Fsp3) is 1.00. The number of hydrogen-bond acceptors (Lipinski definition) is 2. The molecular formula is C12H26O2. The van der Waals surface area contributed by atoms with E-state index in [0.717, 1.165) is 25.0 Å². The maximum Gasteiger partial charge on any atom is 0.0490 e. The van der Waals surface area contributed by atoms with Crippen molar-refractivity contribution in [2.75, 3.05) is 27.4 Å². The van der Waals surface area contributed by atoms with Crippen LogP contribution in [0.2, 0.25) is 0 Å². The summed E-state index contributed by atoms with van der Waals surface area (Å²) in [4.78, 5) is 0. The average Bonchev–Trinajstić information content (AvgIpc) is 2.23. The molecule has 0 bridgehead atoms. The van der Waals surface area contributed by atoms with Crippen molar-refractivity contribution >= 4 is 0 Å². The van der Waals surface area contributed by atoms with E-state index < -0.39 is 0 Å². The highest BCUT2D eigenvalue weighted by atomic mass is 16.5. The average molecular weight is 203 g/mol. The SMILES string of the molecule is COCC1CCC(COC)CC1.[2H]CC. The molecule has 1 fully saturated rings. The lowest BCUT2D eigenvalue weighted by molar-refractivity contribution is 0.0862. The number of methoxy groups -OCH3 is 2. The van der Waals surface area contributed by atoms with E-state index in [9.17, 15) is 0 Å². The molecule has 1 saturated carbocycles. The monoisotopic (exact) mass is 203 g/mol. The lowest BCUT2D eigenvalue weighted by Crippen LogP contribution is -2.20. The summed E-state index contributed by atoms with van der Waals surface area (Å²) in [6, 6.07) is 0. The van der Waals surface area contributed by atoms with E-state index in [1.54, 1.807) is 21.1 Å². The summed E-state index contributed by atoms with van der Waals surface area (Å²) in [7, 11) is 3.59. The first kappa shape index (κ1) is 12.0. The summed E-state index contributed by atoms with van der Waals surface area (Å²) in [5, 5.41) is 0. The first-order valence-corrected chi connectivity index (χ1v) is 5.55. The molecule has 0 radical (unpaired) electrons. The van der Waals surface area contributed by atoms with Crippen LogP contribution in [-0.2, 0) is 9.47 Å². The highest BCUT2D eigenvalue weighted by molar-refractivity contribution is 4.71. The van der Waals surface area contributed by atoms with Gasteiger partial charge in [-0.2, -0.15) is 0 Å². The molecule has 0 spiro atoms. The normalized spacial score (nSPS) is 27.5. The highest BCUT2D eigenvalue weighted by Crippen LogP contribution is 2.28. The number of ether oxygens (including phenoxy) is 2. The van der Waals surface area contributed by atoms with Crippen LogP contribution in [0.25, 0.3) is 0 Å². The van der Waals surface area contributed by atoms with Crippen LogP contribution in [0.1, 0.15) is 40.9 Å². The van der Waals surface area contributed by atoms with Gasteiger partial charge in [-0.05, 0) is 37.5 Å². The van der Waals surface area contributed by atoms with Crippen molar-refractivity contribution in [1.29, 1.82) is 0 Å². The minimum absolute atomic E-state index is 0.500. The smallest absolute Gasteiger partial charge is 0.0490 e. The van der Waals surface area contributed by atoms with Gasteiger partial charge in [0.25, 0.3) is 0 Å². The largest absolute Gasteiger partial charge is 0.384 e. The molecule has 0 aromatic carbocycles. The summed E-state index contributed by atoms with van der Waals surface area (Å²) in [5.41, 5.74) is 0. The Balaban J connectivity index is 0.000000583. The van der Waals surface area contributed by atoms with Gasteiger partial charge < -0.3 is 9.47 Å². The van der Waals surface area contributed by atoms with Crippen LogP contribution >= 0.6 is 0 Å². The van der Waals surface area contributed by atoms with E-state index in [0.29, 0.717) is 6.90 Å². The van der Waals surface area contributed by atoms with Crippen molar-refractivity contribution in [3.8, 4) is 0 Å². The van der Waals surface area contributed by atoms with Crippen LogP contribution in [0, 0.1) is 11.8 Å². The zero-order valence-corrected chi connectivity index (χ0v) is 9.92. The van der Waals surface area contributed by atoms with E-state index in [1.165, 1.54) is 25.7 Å². The van der Waals surface area contributed by atoms with E-state index in [-0.39, 0.29) is 0 Å². The second kappa shape index (κ2) is 9.47. The van der Waals surface area contributed by atoms with Crippen molar-refractivity contribution in [1.82, 2.24) is 0 Å². The van der Waals surface area contributed by atoms with Crippen LogP contribution in [-0.4, -0.2) is 27.4 Å². The first-order chi connectivity index (χ1) is 7.28. The summed E-state index contributed by atoms with van der Waals surface area (Å²) in [6.45, 7) is 4.18. The predicted octanol–water partition coefficient (Wildman–Crippen LogP) is 3.11. The summed E-state index contributed by atoms with van der Waals surface area (Å²) >= 11 is 0. The topological polar surface area (TPSA) is 18.5 Å². The van der Waals surface area contributed by atoms with Gasteiger partial charge in [0.1, 0.15) is 0 Å². The third-order valence-electron chi connectivity index (χ3n) is 2.77. The van der Waals surface area contributed by atoms with Crippen molar-refractivity contribution in [3.63, 3.8) is 0 Å². The van der Waals surface area contributed by atoms with Crippen molar-refractivity contribution in [3.05, 3.63) is 0 Å². The molecule has 0 N–H and O–H groups in total. The lowest BCUT2D eigenvalue weighted by atomic mass is 9.83. The minimum Gasteiger partial charge on any atom is -0.384 e. The molecule has 0 unspecified atom stereocenters. The summed E-state index contributed by atoms with van der Waals surface area (Å²) < 4.78 is 16.5. The molecule has 0 atom stereocenters. The first-order valence-electron chi connectivity index (χ1n) is 6.26. The van der Waals surface area contributed by atoms with Crippen LogP contribution in [0.4, 0.5) is 0 Å². The molecule has 1 aliphatic rings. The van der Waals surface area contributed by atoms with Crippen LogP contribution < -0.4 is 0 Å². The van der Waals surface area contributed by atoms with Gasteiger partial charge >= 0.3 is 0 Å². The number of rotatable bonds is 4. The third kappa shape index (κ3) is 5.61. The van der Waals surface area contributed by atoms with Gasteiger partial charge in [-0.15, -0.1) is 0 Å². The molecule has 0 amide bonds. The van der Waals surface area contributed by atoms with Crippen LogP contribution in [0.5, 0.6) is 0 Å². The Morgan fingerprint density at radius 1 is 1.00 bits per heavy atom. The molecule has 1 aliphatic carbocycles. The molecular weight excluding hydrogens is 176 g/mol. The zero-order valence-electron chi connectivity index (χ0n) is 10.9. The van der Waals surface area contributed by atoms with Crippen LogP contribution in [0.15, 0.2) is 0 Å². The van der Waals surface area contributed by atoms with Gasteiger partial charge in [-0.3, -0.25) is 0 Å². The maximum atomic E-state index is 6.21. The molecule has 0 heterocycles. The van der Waals surface area contributed by atoms with E-state index in [1.807, 2.05) is 0 Å². The molecule has 0 saturated heterocycles. The molecule has 0 aromatic rings. The van der Waals surface area contributed by atoms with Gasteiger partial charge in [-0.1, -0.05) is 13.8 Å². The van der Waals surface area contributed by atoms with Gasteiger partial charge in [0.05, 0.1) is 0 Å². The molecule has 2 nitrogen and oxygen atoms in total. The second-order valence-electron chi connectivity index (χ2n) is 3.80. The Labute approximate surface area is 90.4 Å². The Hall–Kier alpha value is -0.0800. The van der Waals surface area contributed by atoms with Crippen molar-refractivity contribution in [2.45, 2.75) is 39.5 Å². The lowest BCUT2D eigenvalue weighted by Gasteiger charge is -2.27. The Bertz CT molecular complexity index is 109. The minimum atomic E-state index is 0.500. The molecule has 14 heavy (non-hydrogen) atoms. The summed E-state index contributed by atoms with van der Waals surface area (Å²) in [5.74, 6) is 1.62. The van der Waals surface area contributed by atoms with Gasteiger partial charge in [0.2, 0.25) is 0 Å². The Kier molecular flexibility index (Phi) is 8.12. The van der Waals surface area contributed by atoms with Crippen molar-refractivity contribution in [2.24, 2.45) is 11.8 Å². The Morgan fingerprint density at radius 3 is 1.50 bits per heavy atom. The van der Waals surface area contributed by atoms with Gasteiger partial charge in [0, 0.05) is 28.8 Å². The molecule has 0 aromatic heterocycles. The van der Waals surface area contributed by atoms with E-state index in [2.05, 4.69) is 0 Å². The van der Waals surface area contributed by atoms with E-state index in [4.69, 9.17) is 10.8 Å². The van der Waals surface area contributed by atoms with Gasteiger partial charge in [0.15, 0.2) is 0 Å². The van der Waals surface area contributed by atoms with Crippen LogP contribution in [0.3, 0.4) is 0 Å².